The Labute approximate surface area is 98.5 Å². The van der Waals surface area contributed by atoms with Crippen molar-refractivity contribution in [2.75, 3.05) is 26.4 Å². The van der Waals surface area contributed by atoms with Crippen molar-refractivity contribution in [3.63, 3.8) is 0 Å². The van der Waals surface area contributed by atoms with Gasteiger partial charge in [-0.25, -0.2) is 0 Å². The average Bonchev–Trinajstić information content (AvgIpc) is 2.16. The fourth-order valence-corrected chi connectivity index (χ4v) is 4.33. The van der Waals surface area contributed by atoms with Gasteiger partial charge in [0.2, 0.25) is 0 Å². The molecular weight excluding hydrogens is 232 g/mol. The van der Waals surface area contributed by atoms with E-state index >= 15 is 0 Å². The van der Waals surface area contributed by atoms with E-state index in [-0.39, 0.29) is 0 Å². The standard InChI is InChI=1S/C4H9O.3C2H5O.Ti/c1-4(2)3-5;3*1-2-3;/h4H,3H2,1-2H3;3*2H2,1H3;/q4*-1;+4. The Morgan fingerprint density at radius 1 is 0.800 bits per heavy atom. The van der Waals surface area contributed by atoms with Gasteiger partial charge in [-0.1, -0.05) is 0 Å². The van der Waals surface area contributed by atoms with Crippen molar-refractivity contribution in [1.82, 2.24) is 0 Å². The minimum atomic E-state index is -3.40. The molecule has 0 saturated heterocycles. The quantitative estimate of drug-likeness (QED) is 0.594. The zero-order valence-electron chi connectivity index (χ0n) is 10.5. The van der Waals surface area contributed by atoms with Crippen LogP contribution in [0.4, 0.5) is 0 Å². The third kappa shape index (κ3) is 6.66. The van der Waals surface area contributed by atoms with Gasteiger partial charge in [-0.05, 0) is 0 Å². The first-order valence-corrected chi connectivity index (χ1v) is 8.21. The van der Waals surface area contributed by atoms with Gasteiger partial charge in [0, 0.05) is 0 Å². The Hall–Kier alpha value is 0.554. The molecule has 4 nitrogen and oxygen atoms in total. The van der Waals surface area contributed by atoms with E-state index in [0.29, 0.717) is 32.3 Å². The van der Waals surface area contributed by atoms with Gasteiger partial charge in [0.1, 0.15) is 0 Å². The topological polar surface area (TPSA) is 36.9 Å². The van der Waals surface area contributed by atoms with E-state index in [2.05, 4.69) is 13.8 Å². The van der Waals surface area contributed by atoms with Crippen molar-refractivity contribution in [3.8, 4) is 0 Å². The molecule has 0 N–H and O–H groups in total. The van der Waals surface area contributed by atoms with Gasteiger partial charge in [0.05, 0.1) is 0 Å². The number of hydrogen-bond donors (Lipinski definition) is 0. The van der Waals surface area contributed by atoms with Crippen molar-refractivity contribution in [2.45, 2.75) is 34.6 Å². The van der Waals surface area contributed by atoms with Gasteiger partial charge in [0.15, 0.2) is 0 Å². The maximum absolute atomic E-state index is 5.73. The molecule has 0 fully saturated rings. The normalized spacial score (nSPS) is 12.4. The summed E-state index contributed by atoms with van der Waals surface area (Å²) in [6.07, 6.45) is 0. The molecule has 15 heavy (non-hydrogen) atoms. The molecule has 0 aliphatic heterocycles. The van der Waals surface area contributed by atoms with E-state index in [9.17, 15) is 0 Å². The van der Waals surface area contributed by atoms with Crippen LogP contribution in [0.5, 0.6) is 0 Å². The molecular formula is C10H24O4Ti. The first-order chi connectivity index (χ1) is 7.10. The molecule has 0 unspecified atom stereocenters. The van der Waals surface area contributed by atoms with Gasteiger partial charge >= 0.3 is 98.4 Å². The van der Waals surface area contributed by atoms with Crippen LogP contribution < -0.4 is 0 Å². The van der Waals surface area contributed by atoms with Gasteiger partial charge < -0.3 is 0 Å². The van der Waals surface area contributed by atoms with E-state index in [1.54, 1.807) is 0 Å². The fourth-order valence-electron chi connectivity index (χ4n) is 1.05. The molecule has 92 valence electrons. The van der Waals surface area contributed by atoms with Crippen LogP contribution in [0.25, 0.3) is 0 Å². The van der Waals surface area contributed by atoms with Crippen LogP contribution >= 0.6 is 0 Å². The maximum atomic E-state index is 5.73. The number of rotatable bonds is 9. The van der Waals surface area contributed by atoms with Crippen LogP contribution in [0.2, 0.25) is 0 Å². The van der Waals surface area contributed by atoms with Gasteiger partial charge in [-0.15, -0.1) is 0 Å². The Morgan fingerprint density at radius 3 is 1.47 bits per heavy atom. The summed E-state index contributed by atoms with van der Waals surface area (Å²) in [5.41, 5.74) is 0. The summed E-state index contributed by atoms with van der Waals surface area (Å²) < 4.78 is 22.5. The van der Waals surface area contributed by atoms with Crippen LogP contribution in [-0.2, 0) is 31.4 Å². The monoisotopic (exact) mass is 256 g/mol. The fraction of sp³-hybridized carbons (Fsp3) is 1.00. The zero-order chi connectivity index (χ0) is 11.7. The molecule has 0 saturated carbocycles. The zero-order valence-corrected chi connectivity index (χ0v) is 12.1. The van der Waals surface area contributed by atoms with Crippen LogP contribution in [0, 0.1) is 5.92 Å². The summed E-state index contributed by atoms with van der Waals surface area (Å²) in [4.78, 5) is 0. The molecule has 0 amide bonds. The average molecular weight is 256 g/mol. The molecule has 0 aliphatic carbocycles. The Kier molecular flexibility index (Phi) is 9.00. The Morgan fingerprint density at radius 2 is 1.20 bits per heavy atom. The van der Waals surface area contributed by atoms with Crippen molar-refractivity contribution in [1.29, 1.82) is 0 Å². The molecule has 5 heteroatoms. The first-order valence-electron chi connectivity index (χ1n) is 5.66. The summed E-state index contributed by atoms with van der Waals surface area (Å²) in [5, 5.41) is 0. The van der Waals surface area contributed by atoms with Crippen molar-refractivity contribution in [2.24, 2.45) is 5.92 Å². The summed E-state index contributed by atoms with van der Waals surface area (Å²) in [6, 6.07) is 0. The van der Waals surface area contributed by atoms with Crippen LogP contribution in [0.3, 0.4) is 0 Å². The van der Waals surface area contributed by atoms with Gasteiger partial charge in [-0.3, -0.25) is 0 Å². The van der Waals surface area contributed by atoms with E-state index in [4.69, 9.17) is 13.3 Å². The van der Waals surface area contributed by atoms with Crippen molar-refractivity contribution >= 4 is 0 Å². The molecule has 0 rings (SSSR count). The second-order valence-electron chi connectivity index (χ2n) is 3.50. The molecule has 0 bridgehead atoms. The third-order valence-corrected chi connectivity index (χ3v) is 5.38. The summed E-state index contributed by atoms with van der Waals surface area (Å²) in [5.74, 6) is 0.455. The van der Waals surface area contributed by atoms with Crippen molar-refractivity contribution in [3.05, 3.63) is 0 Å². The number of hydrogen-bond acceptors (Lipinski definition) is 4. The Balaban J connectivity index is 4.31. The second-order valence-corrected chi connectivity index (χ2v) is 6.87. The van der Waals surface area contributed by atoms with E-state index in [1.807, 2.05) is 20.8 Å². The summed E-state index contributed by atoms with van der Waals surface area (Å²) >= 11 is -3.40. The molecule has 0 aliphatic rings. The predicted octanol–water partition coefficient (Wildman–Crippen LogP) is 2.58. The summed E-state index contributed by atoms with van der Waals surface area (Å²) in [6.45, 7) is 12.3. The van der Waals surface area contributed by atoms with Crippen molar-refractivity contribution < 1.29 is 31.4 Å². The SMILES string of the molecule is CC[O][Ti]([O]CC)([O]CC)[O]CC(C)C. The van der Waals surface area contributed by atoms with E-state index < -0.39 is 18.1 Å². The first kappa shape index (κ1) is 15.6. The molecule has 0 radical (unpaired) electrons. The van der Waals surface area contributed by atoms with Crippen LogP contribution in [0.15, 0.2) is 0 Å². The molecule has 0 aromatic carbocycles. The van der Waals surface area contributed by atoms with Crippen LogP contribution in [0.1, 0.15) is 34.6 Å². The molecule has 0 heterocycles. The van der Waals surface area contributed by atoms with Crippen LogP contribution in [-0.4, -0.2) is 26.4 Å². The van der Waals surface area contributed by atoms with Gasteiger partial charge in [0.25, 0.3) is 0 Å². The Bertz CT molecular complexity index is 135. The van der Waals surface area contributed by atoms with E-state index in [0.717, 1.165) is 0 Å². The molecule has 0 atom stereocenters. The second kappa shape index (κ2) is 8.68. The molecule has 0 aromatic heterocycles. The summed E-state index contributed by atoms with van der Waals surface area (Å²) in [7, 11) is 0. The third-order valence-electron chi connectivity index (χ3n) is 1.56. The minimum absolute atomic E-state index is 0.455. The van der Waals surface area contributed by atoms with E-state index in [1.165, 1.54) is 0 Å². The molecule has 0 aromatic rings. The predicted molar refractivity (Wildman–Crippen MR) is 55.7 cm³/mol. The van der Waals surface area contributed by atoms with Gasteiger partial charge in [-0.2, -0.15) is 0 Å². The molecule has 0 spiro atoms.